The molecule has 2 atom stereocenters. The average molecular weight is 178 g/mol. The van der Waals surface area contributed by atoms with Crippen molar-refractivity contribution < 1.29 is 0 Å². The molecule has 0 saturated carbocycles. The topological polar surface area (TPSA) is 27.0 Å². The molecule has 13 heavy (non-hydrogen) atoms. The fraction of sp³-hybridized carbons (Fsp3) is 0.909. The van der Waals surface area contributed by atoms with E-state index in [4.69, 9.17) is 0 Å². The lowest BCUT2D eigenvalue weighted by Gasteiger charge is -2.49. The van der Waals surface area contributed by atoms with Crippen LogP contribution in [0.5, 0.6) is 0 Å². The Kier molecular flexibility index (Phi) is 2.29. The van der Waals surface area contributed by atoms with E-state index in [9.17, 15) is 5.26 Å². The molecule has 2 fully saturated rings. The van der Waals surface area contributed by atoms with Crippen LogP contribution in [0, 0.1) is 11.3 Å². The van der Waals surface area contributed by atoms with Gasteiger partial charge in [-0.1, -0.05) is 0 Å². The van der Waals surface area contributed by atoms with Gasteiger partial charge in [-0.05, 0) is 52.0 Å². The molecule has 0 spiro atoms. The van der Waals surface area contributed by atoms with E-state index >= 15 is 0 Å². The smallest absolute Gasteiger partial charge is 0.109 e. The Morgan fingerprint density at radius 2 is 2.08 bits per heavy atom. The van der Waals surface area contributed by atoms with E-state index in [1.165, 1.54) is 25.7 Å². The lowest BCUT2D eigenvalue weighted by atomic mass is 9.78. The van der Waals surface area contributed by atoms with Gasteiger partial charge in [0.1, 0.15) is 5.54 Å². The Balaban J connectivity index is 2.22. The van der Waals surface area contributed by atoms with Crippen LogP contribution >= 0.6 is 0 Å². The highest BCUT2D eigenvalue weighted by atomic mass is 15.2. The molecule has 0 amide bonds. The largest absolute Gasteiger partial charge is 0.283 e. The molecule has 2 aliphatic rings. The summed E-state index contributed by atoms with van der Waals surface area (Å²) in [6.07, 6.45) is 7.26. The molecule has 2 unspecified atom stereocenters. The van der Waals surface area contributed by atoms with E-state index in [2.05, 4.69) is 17.9 Å². The molecule has 0 aromatic rings. The van der Waals surface area contributed by atoms with Gasteiger partial charge in [0.2, 0.25) is 0 Å². The molecule has 2 nitrogen and oxygen atoms in total. The number of nitriles is 1. The highest BCUT2D eigenvalue weighted by Crippen LogP contribution is 2.38. The second-order valence-electron chi connectivity index (χ2n) is 4.54. The maximum absolute atomic E-state index is 9.30. The van der Waals surface area contributed by atoms with Crippen molar-refractivity contribution in [1.29, 1.82) is 5.26 Å². The third-order valence-corrected chi connectivity index (χ3v) is 3.74. The molecular formula is C11H18N2. The van der Waals surface area contributed by atoms with Crippen LogP contribution in [-0.2, 0) is 0 Å². The number of hydrogen-bond acceptors (Lipinski definition) is 2. The predicted octanol–water partition coefficient (Wildman–Crippen LogP) is 2.31. The van der Waals surface area contributed by atoms with E-state index in [0.29, 0.717) is 6.04 Å². The van der Waals surface area contributed by atoms with E-state index < -0.39 is 0 Å². The van der Waals surface area contributed by atoms with Gasteiger partial charge in [-0.2, -0.15) is 5.26 Å². The summed E-state index contributed by atoms with van der Waals surface area (Å²) in [5, 5.41) is 9.30. The van der Waals surface area contributed by atoms with Crippen LogP contribution in [-0.4, -0.2) is 23.0 Å². The van der Waals surface area contributed by atoms with Gasteiger partial charge in [0.05, 0.1) is 6.07 Å². The van der Waals surface area contributed by atoms with E-state index in [1.807, 2.05) is 0 Å². The van der Waals surface area contributed by atoms with Gasteiger partial charge in [0, 0.05) is 6.04 Å². The molecule has 2 saturated heterocycles. The molecule has 72 valence electrons. The van der Waals surface area contributed by atoms with Gasteiger partial charge in [-0.25, -0.2) is 0 Å². The van der Waals surface area contributed by atoms with Gasteiger partial charge in [-0.15, -0.1) is 0 Å². The monoisotopic (exact) mass is 178 g/mol. The van der Waals surface area contributed by atoms with Crippen LogP contribution in [0.25, 0.3) is 0 Å². The van der Waals surface area contributed by atoms with Crippen molar-refractivity contribution in [3.8, 4) is 6.07 Å². The number of hydrogen-bond donors (Lipinski definition) is 0. The van der Waals surface area contributed by atoms with E-state index in [0.717, 1.165) is 19.4 Å². The van der Waals surface area contributed by atoms with Crippen LogP contribution in [0.15, 0.2) is 0 Å². The first-order valence-electron chi connectivity index (χ1n) is 5.46. The summed E-state index contributed by atoms with van der Waals surface area (Å²) in [6.45, 7) is 3.42. The molecule has 0 bridgehead atoms. The quantitative estimate of drug-likeness (QED) is 0.569. The molecule has 0 aromatic carbocycles. The normalized spacial score (nSPS) is 40.8. The Morgan fingerprint density at radius 3 is 2.77 bits per heavy atom. The first kappa shape index (κ1) is 9.02. The van der Waals surface area contributed by atoms with Crippen LogP contribution in [0.1, 0.15) is 45.4 Å². The molecule has 2 aliphatic heterocycles. The van der Waals surface area contributed by atoms with Crippen LogP contribution in [0.4, 0.5) is 0 Å². The molecule has 0 aliphatic carbocycles. The van der Waals surface area contributed by atoms with Gasteiger partial charge in [0.25, 0.3) is 0 Å². The minimum atomic E-state index is -0.0735. The average Bonchev–Trinajstić information content (AvgIpc) is 2.18. The second kappa shape index (κ2) is 3.31. The van der Waals surface area contributed by atoms with Crippen molar-refractivity contribution in [2.24, 2.45) is 0 Å². The van der Waals surface area contributed by atoms with Crippen molar-refractivity contribution in [3.05, 3.63) is 0 Å². The molecule has 0 radical (unpaired) electrons. The molecule has 2 heterocycles. The van der Waals surface area contributed by atoms with Crippen molar-refractivity contribution in [2.45, 2.75) is 57.0 Å². The number of rotatable bonds is 0. The first-order chi connectivity index (χ1) is 6.28. The zero-order valence-electron chi connectivity index (χ0n) is 8.42. The predicted molar refractivity (Wildman–Crippen MR) is 52.2 cm³/mol. The van der Waals surface area contributed by atoms with Gasteiger partial charge < -0.3 is 0 Å². The Hall–Kier alpha value is -0.550. The standard InChI is InChI=1S/C11H18N2/c1-10-5-4-7-11(9-12)6-2-3-8-13(10)11/h10H,2-8H2,1H3. The molecule has 2 heteroatoms. The molecule has 2 rings (SSSR count). The van der Waals surface area contributed by atoms with Crippen LogP contribution in [0.3, 0.4) is 0 Å². The second-order valence-corrected chi connectivity index (χ2v) is 4.54. The van der Waals surface area contributed by atoms with Gasteiger partial charge in [0.15, 0.2) is 0 Å². The van der Waals surface area contributed by atoms with Gasteiger partial charge in [-0.3, -0.25) is 4.90 Å². The zero-order chi connectivity index (χ0) is 9.31. The van der Waals surface area contributed by atoms with Gasteiger partial charge >= 0.3 is 0 Å². The highest BCUT2D eigenvalue weighted by Gasteiger charge is 2.43. The zero-order valence-corrected chi connectivity index (χ0v) is 8.42. The number of nitrogens with zero attached hydrogens (tertiary/aromatic N) is 2. The third kappa shape index (κ3) is 1.36. The maximum atomic E-state index is 9.30. The van der Waals surface area contributed by atoms with Crippen molar-refractivity contribution >= 4 is 0 Å². The Bertz CT molecular complexity index is 227. The third-order valence-electron chi connectivity index (χ3n) is 3.74. The van der Waals surface area contributed by atoms with E-state index in [-0.39, 0.29) is 5.54 Å². The van der Waals surface area contributed by atoms with Crippen LogP contribution in [0.2, 0.25) is 0 Å². The minimum absolute atomic E-state index is 0.0735. The lowest BCUT2D eigenvalue weighted by Crippen LogP contribution is -2.57. The molecule has 0 aromatic heterocycles. The summed E-state index contributed by atoms with van der Waals surface area (Å²) < 4.78 is 0. The highest BCUT2D eigenvalue weighted by molar-refractivity contribution is 5.12. The molecular weight excluding hydrogens is 160 g/mol. The summed E-state index contributed by atoms with van der Waals surface area (Å²) >= 11 is 0. The maximum Gasteiger partial charge on any atom is 0.109 e. The van der Waals surface area contributed by atoms with Crippen molar-refractivity contribution in [1.82, 2.24) is 4.90 Å². The minimum Gasteiger partial charge on any atom is -0.283 e. The van der Waals surface area contributed by atoms with E-state index in [1.54, 1.807) is 0 Å². The fourth-order valence-electron chi connectivity index (χ4n) is 2.99. The fourth-order valence-corrected chi connectivity index (χ4v) is 2.99. The Morgan fingerprint density at radius 1 is 1.31 bits per heavy atom. The Labute approximate surface area is 80.5 Å². The summed E-state index contributed by atoms with van der Waals surface area (Å²) in [7, 11) is 0. The number of fused-ring (bicyclic) bond motifs is 1. The lowest BCUT2D eigenvalue weighted by molar-refractivity contribution is 0.0141. The number of piperidine rings is 2. The molecule has 0 N–H and O–H groups in total. The summed E-state index contributed by atoms with van der Waals surface area (Å²) in [6, 6.07) is 3.21. The summed E-state index contributed by atoms with van der Waals surface area (Å²) in [4.78, 5) is 2.46. The first-order valence-corrected chi connectivity index (χ1v) is 5.46. The van der Waals surface area contributed by atoms with Crippen LogP contribution < -0.4 is 0 Å². The SMILES string of the molecule is CC1CCCC2(C#N)CCCCN12. The summed E-state index contributed by atoms with van der Waals surface area (Å²) in [5.41, 5.74) is -0.0735. The van der Waals surface area contributed by atoms with Crippen molar-refractivity contribution in [3.63, 3.8) is 0 Å². The summed E-state index contributed by atoms with van der Waals surface area (Å²) in [5.74, 6) is 0. The van der Waals surface area contributed by atoms with Crippen molar-refractivity contribution in [2.75, 3.05) is 6.54 Å².